The quantitative estimate of drug-likeness (QED) is 0.840. The van der Waals surface area contributed by atoms with Crippen molar-refractivity contribution in [2.45, 2.75) is 64.8 Å². The van der Waals surface area contributed by atoms with E-state index in [-0.39, 0.29) is 11.0 Å². The average Bonchev–Trinajstić information content (AvgIpc) is 2.64. The molecule has 0 radical (unpaired) electrons. The molecule has 2 aliphatic rings. The van der Waals surface area contributed by atoms with Gasteiger partial charge in [0.15, 0.2) is 0 Å². The van der Waals surface area contributed by atoms with E-state index in [2.05, 4.69) is 25.7 Å². The maximum Gasteiger partial charge on any atom is 0.305 e. The third-order valence-electron chi connectivity index (χ3n) is 4.69. The Bertz CT molecular complexity index is 320. The highest BCUT2D eigenvalue weighted by molar-refractivity contribution is 5.68. The molecule has 0 aromatic heterocycles. The lowest BCUT2D eigenvalue weighted by atomic mass is 9.62. The van der Waals surface area contributed by atoms with Crippen LogP contribution in [0.4, 0.5) is 0 Å². The molecule has 2 atom stereocenters. The first kappa shape index (κ1) is 13.9. The van der Waals surface area contributed by atoms with Gasteiger partial charge >= 0.3 is 5.97 Å². The lowest BCUT2D eigenvalue weighted by molar-refractivity contribution is -0.142. The highest BCUT2D eigenvalue weighted by Crippen LogP contribution is 2.48. The fourth-order valence-corrected chi connectivity index (χ4v) is 4.66. The van der Waals surface area contributed by atoms with Gasteiger partial charge in [-0.2, -0.15) is 0 Å². The number of likely N-dealkylation sites (tertiary alicyclic amines) is 1. The van der Waals surface area contributed by atoms with E-state index in [4.69, 9.17) is 0 Å². The third kappa shape index (κ3) is 2.87. The zero-order valence-corrected chi connectivity index (χ0v) is 12.0. The molecule has 2 unspecified atom stereocenters. The van der Waals surface area contributed by atoms with Gasteiger partial charge in [-0.1, -0.05) is 20.8 Å². The van der Waals surface area contributed by atoms with Crippen LogP contribution in [-0.4, -0.2) is 34.6 Å². The first-order valence-corrected chi connectivity index (χ1v) is 7.30. The number of carbonyl (C=O) groups is 1. The van der Waals surface area contributed by atoms with Crippen molar-refractivity contribution < 1.29 is 9.90 Å². The summed E-state index contributed by atoms with van der Waals surface area (Å²) >= 11 is 0. The Morgan fingerprint density at radius 2 is 1.89 bits per heavy atom. The van der Waals surface area contributed by atoms with E-state index >= 15 is 0 Å². The molecule has 1 aliphatic carbocycles. The molecule has 3 heteroatoms. The number of carboxylic acid groups (broad SMARTS) is 1. The molecule has 0 aromatic carbocycles. The van der Waals surface area contributed by atoms with Crippen molar-refractivity contribution in [1.82, 2.24) is 4.90 Å². The molecule has 1 N–H and O–H groups in total. The van der Waals surface area contributed by atoms with E-state index in [1.54, 1.807) is 0 Å². The minimum absolute atomic E-state index is 0.0799. The minimum Gasteiger partial charge on any atom is -0.481 e. The Hall–Kier alpha value is -0.570. The Morgan fingerprint density at radius 1 is 1.28 bits per heavy atom. The third-order valence-corrected chi connectivity index (χ3v) is 4.69. The van der Waals surface area contributed by atoms with Crippen LogP contribution in [0, 0.1) is 11.3 Å². The molecule has 0 aromatic rings. The molecule has 18 heavy (non-hydrogen) atoms. The Balaban J connectivity index is 2.25. The molecule has 0 spiro atoms. The van der Waals surface area contributed by atoms with E-state index in [0.717, 1.165) is 25.9 Å². The van der Waals surface area contributed by atoms with Gasteiger partial charge in [0.05, 0.1) is 6.42 Å². The summed E-state index contributed by atoms with van der Waals surface area (Å²) in [7, 11) is 0. The highest BCUT2D eigenvalue weighted by Gasteiger charge is 2.48. The van der Waals surface area contributed by atoms with Gasteiger partial charge in [0.2, 0.25) is 0 Å². The van der Waals surface area contributed by atoms with Crippen LogP contribution in [0.15, 0.2) is 0 Å². The SMILES string of the molecule is CC1CC(C)(C)CC(CC(=O)O)(N2CCCC2)C1. The summed E-state index contributed by atoms with van der Waals surface area (Å²) in [4.78, 5) is 13.8. The minimum atomic E-state index is -0.633. The number of hydrogen-bond acceptors (Lipinski definition) is 2. The number of hydrogen-bond donors (Lipinski definition) is 1. The Labute approximate surface area is 111 Å². The molecule has 2 rings (SSSR count). The van der Waals surface area contributed by atoms with Crippen molar-refractivity contribution in [2.24, 2.45) is 11.3 Å². The van der Waals surface area contributed by atoms with Crippen LogP contribution in [0.1, 0.15) is 59.3 Å². The maximum absolute atomic E-state index is 11.3. The van der Waals surface area contributed by atoms with Gasteiger partial charge < -0.3 is 5.11 Å². The largest absolute Gasteiger partial charge is 0.481 e. The molecule has 1 saturated carbocycles. The second kappa shape index (κ2) is 4.84. The second-order valence-electron chi connectivity index (χ2n) is 7.34. The predicted octanol–water partition coefficient (Wildman–Crippen LogP) is 3.14. The van der Waals surface area contributed by atoms with Gasteiger partial charge in [-0.15, -0.1) is 0 Å². The lowest BCUT2D eigenvalue weighted by Crippen LogP contribution is -2.55. The molecule has 1 saturated heterocycles. The molecule has 104 valence electrons. The first-order chi connectivity index (χ1) is 8.33. The van der Waals surface area contributed by atoms with E-state index < -0.39 is 5.97 Å². The number of aliphatic carboxylic acids is 1. The normalized spacial score (nSPS) is 36.7. The van der Waals surface area contributed by atoms with Crippen molar-refractivity contribution in [1.29, 1.82) is 0 Å². The van der Waals surface area contributed by atoms with E-state index in [1.165, 1.54) is 19.3 Å². The molecule has 2 fully saturated rings. The fourth-order valence-electron chi connectivity index (χ4n) is 4.66. The molecule has 0 amide bonds. The van der Waals surface area contributed by atoms with Crippen LogP contribution in [-0.2, 0) is 4.79 Å². The molecule has 0 bridgehead atoms. The second-order valence-corrected chi connectivity index (χ2v) is 7.34. The fraction of sp³-hybridized carbons (Fsp3) is 0.933. The zero-order chi connectivity index (χ0) is 13.4. The Morgan fingerprint density at radius 3 is 2.39 bits per heavy atom. The Kier molecular flexibility index (Phi) is 3.72. The van der Waals surface area contributed by atoms with Gasteiger partial charge in [0.1, 0.15) is 0 Å². The highest BCUT2D eigenvalue weighted by atomic mass is 16.4. The standard InChI is InChI=1S/C15H27NO2/c1-12-8-14(2,3)11-15(9-12,10-13(17)18)16-6-4-5-7-16/h12H,4-11H2,1-3H3,(H,17,18). The average molecular weight is 253 g/mol. The molecular formula is C15H27NO2. The van der Waals surface area contributed by atoms with Crippen molar-refractivity contribution in [3.05, 3.63) is 0 Å². The summed E-state index contributed by atoms with van der Waals surface area (Å²) in [5.74, 6) is 0.000463. The monoisotopic (exact) mass is 253 g/mol. The van der Waals surface area contributed by atoms with Crippen LogP contribution in [0.3, 0.4) is 0 Å². The van der Waals surface area contributed by atoms with Crippen molar-refractivity contribution in [3.63, 3.8) is 0 Å². The van der Waals surface area contributed by atoms with Crippen molar-refractivity contribution in [3.8, 4) is 0 Å². The molecule has 1 aliphatic heterocycles. The van der Waals surface area contributed by atoms with Gasteiger partial charge in [0, 0.05) is 5.54 Å². The van der Waals surface area contributed by atoms with Crippen LogP contribution < -0.4 is 0 Å². The van der Waals surface area contributed by atoms with Crippen LogP contribution >= 0.6 is 0 Å². The zero-order valence-electron chi connectivity index (χ0n) is 12.0. The van der Waals surface area contributed by atoms with Crippen LogP contribution in [0.2, 0.25) is 0 Å². The predicted molar refractivity (Wildman–Crippen MR) is 72.6 cm³/mol. The molecular weight excluding hydrogens is 226 g/mol. The maximum atomic E-state index is 11.3. The summed E-state index contributed by atoms with van der Waals surface area (Å²) < 4.78 is 0. The number of rotatable bonds is 3. The van der Waals surface area contributed by atoms with Gasteiger partial charge in [-0.05, 0) is 56.5 Å². The van der Waals surface area contributed by atoms with E-state index in [1.807, 2.05) is 0 Å². The lowest BCUT2D eigenvalue weighted by Gasteiger charge is -2.52. The molecule has 1 heterocycles. The summed E-state index contributed by atoms with van der Waals surface area (Å²) in [5, 5.41) is 9.32. The van der Waals surface area contributed by atoms with Crippen molar-refractivity contribution >= 4 is 5.97 Å². The van der Waals surface area contributed by atoms with Gasteiger partial charge in [-0.25, -0.2) is 0 Å². The van der Waals surface area contributed by atoms with Gasteiger partial charge in [-0.3, -0.25) is 9.69 Å². The molecule has 3 nitrogen and oxygen atoms in total. The summed E-state index contributed by atoms with van der Waals surface area (Å²) in [6.45, 7) is 9.07. The summed E-state index contributed by atoms with van der Waals surface area (Å²) in [5.41, 5.74) is 0.194. The van der Waals surface area contributed by atoms with Crippen molar-refractivity contribution in [2.75, 3.05) is 13.1 Å². The van der Waals surface area contributed by atoms with E-state index in [9.17, 15) is 9.90 Å². The smallest absolute Gasteiger partial charge is 0.305 e. The number of carboxylic acids is 1. The number of nitrogens with zero attached hydrogens (tertiary/aromatic N) is 1. The van der Waals surface area contributed by atoms with Crippen LogP contribution in [0.5, 0.6) is 0 Å². The van der Waals surface area contributed by atoms with E-state index in [0.29, 0.717) is 12.3 Å². The topological polar surface area (TPSA) is 40.5 Å². The summed E-state index contributed by atoms with van der Waals surface area (Å²) in [6, 6.07) is 0. The summed E-state index contributed by atoms with van der Waals surface area (Å²) in [6.07, 6.45) is 6.11. The van der Waals surface area contributed by atoms with Gasteiger partial charge in [0.25, 0.3) is 0 Å². The van der Waals surface area contributed by atoms with Crippen LogP contribution in [0.25, 0.3) is 0 Å². The first-order valence-electron chi connectivity index (χ1n) is 7.30.